The number of benzene rings is 1. The minimum atomic E-state index is -0.512. The van der Waals surface area contributed by atoms with Crippen molar-refractivity contribution < 1.29 is 14.3 Å². The molecule has 0 saturated heterocycles. The van der Waals surface area contributed by atoms with Gasteiger partial charge in [0.2, 0.25) is 5.13 Å². The van der Waals surface area contributed by atoms with E-state index in [0.29, 0.717) is 33.7 Å². The molecule has 24 heavy (non-hydrogen) atoms. The number of hydrazone groups is 1. The Hall–Kier alpha value is -2.94. The molecule has 2 amide bonds. The van der Waals surface area contributed by atoms with E-state index >= 15 is 0 Å². The molecule has 1 N–H and O–H groups in total. The number of ether oxygens (including phenoxy) is 1. The number of hydrogen-bond donors (Lipinski definition) is 1. The van der Waals surface area contributed by atoms with E-state index in [1.54, 1.807) is 36.7 Å². The fourth-order valence-electron chi connectivity index (χ4n) is 2.05. The van der Waals surface area contributed by atoms with E-state index in [1.165, 1.54) is 11.3 Å². The zero-order chi connectivity index (χ0) is 16.9. The molecule has 3 rings (SSSR count). The number of urea groups is 1. The lowest BCUT2D eigenvalue weighted by Crippen LogP contribution is -2.25. The van der Waals surface area contributed by atoms with Crippen LogP contribution in [0.1, 0.15) is 18.2 Å². The van der Waals surface area contributed by atoms with Crippen LogP contribution in [0.15, 0.2) is 38.7 Å². The number of amides is 2. The van der Waals surface area contributed by atoms with Crippen LogP contribution in [0.25, 0.3) is 0 Å². The number of hydrogen-bond acceptors (Lipinski definition) is 7. The maximum atomic E-state index is 11.4. The number of nitrogens with one attached hydrogen (secondary N) is 1. The van der Waals surface area contributed by atoms with Gasteiger partial charge in [-0.1, -0.05) is 12.1 Å². The normalized spacial score (nSPS) is 12.6. The Morgan fingerprint density at radius 2 is 2.29 bits per heavy atom. The van der Waals surface area contributed by atoms with E-state index in [0.717, 1.165) is 0 Å². The predicted molar refractivity (Wildman–Crippen MR) is 87.8 cm³/mol. The van der Waals surface area contributed by atoms with Crippen molar-refractivity contribution >= 4 is 34.7 Å². The summed E-state index contributed by atoms with van der Waals surface area (Å²) in [7, 11) is 0. The number of para-hydroxylation sites is 1. The molecule has 9 heteroatoms. The fraction of sp³-hybridized carbons (Fsp3) is 0.200. The van der Waals surface area contributed by atoms with Gasteiger partial charge in [-0.05, 0) is 13.0 Å². The zero-order valence-electron chi connectivity index (χ0n) is 12.7. The molecule has 2 heterocycles. The van der Waals surface area contributed by atoms with E-state index in [1.807, 2.05) is 0 Å². The Kier molecular flexibility index (Phi) is 4.71. The molecule has 122 valence electrons. The largest absolute Gasteiger partial charge is 0.466 e. The second-order valence-corrected chi connectivity index (χ2v) is 5.58. The molecule has 0 unspecified atom stereocenters. The number of carbonyl (C=O) groups is 2. The van der Waals surface area contributed by atoms with Gasteiger partial charge in [0.25, 0.3) is 0 Å². The number of carbonyl (C=O) groups excluding carboxylic acids is 2. The van der Waals surface area contributed by atoms with Crippen molar-refractivity contribution in [3.63, 3.8) is 0 Å². The van der Waals surface area contributed by atoms with Crippen molar-refractivity contribution in [3.05, 3.63) is 45.6 Å². The van der Waals surface area contributed by atoms with E-state index in [2.05, 4.69) is 25.5 Å². The van der Waals surface area contributed by atoms with Gasteiger partial charge in [-0.15, -0.1) is 11.3 Å². The molecule has 0 saturated carbocycles. The van der Waals surface area contributed by atoms with Gasteiger partial charge >= 0.3 is 12.0 Å². The zero-order valence-corrected chi connectivity index (χ0v) is 13.5. The number of esters is 1. The molecule has 0 atom stereocenters. The molecule has 0 aliphatic carbocycles. The van der Waals surface area contributed by atoms with Crippen LogP contribution >= 0.6 is 11.3 Å². The summed E-state index contributed by atoms with van der Waals surface area (Å²) in [6, 6.07) is 4.77. The summed E-state index contributed by atoms with van der Waals surface area (Å²) in [5.41, 5.74) is 4.09. The maximum Gasteiger partial charge on any atom is 0.368 e. The van der Waals surface area contributed by atoms with Crippen molar-refractivity contribution in [2.75, 3.05) is 12.0 Å². The van der Waals surface area contributed by atoms with Gasteiger partial charge in [0, 0.05) is 10.9 Å². The fourth-order valence-corrected chi connectivity index (χ4v) is 2.70. The summed E-state index contributed by atoms with van der Waals surface area (Å²) in [4.78, 5) is 34.5. The third kappa shape index (κ3) is 3.69. The first-order valence-electron chi connectivity index (χ1n) is 7.15. The van der Waals surface area contributed by atoms with E-state index in [4.69, 9.17) is 4.74 Å². The molecule has 8 nitrogen and oxygen atoms in total. The first kappa shape index (κ1) is 15.9. The standard InChI is InChI=1S/C15H13N5O3S/c1-2-23-12(21)6-10-8-24-15(17-10)20-16-7-9-4-3-5-11-13(9)19-14(22)18-11/h3-5,7-8H,2,6H2,1H3,(H,17,20). The first-order chi connectivity index (χ1) is 11.7. The predicted octanol–water partition coefficient (Wildman–Crippen LogP) is 1.07. The third-order valence-corrected chi connectivity index (χ3v) is 3.81. The molecular weight excluding hydrogens is 330 g/mol. The summed E-state index contributed by atoms with van der Waals surface area (Å²) >= 11 is 1.33. The van der Waals surface area contributed by atoms with Crippen LogP contribution in [0.4, 0.5) is 9.93 Å². The van der Waals surface area contributed by atoms with Crippen molar-refractivity contribution in [1.29, 1.82) is 0 Å². The molecule has 0 spiro atoms. The molecule has 2 aromatic rings. The molecule has 1 aromatic carbocycles. The van der Waals surface area contributed by atoms with Crippen LogP contribution in [0.5, 0.6) is 0 Å². The minimum Gasteiger partial charge on any atom is -0.466 e. The second-order valence-electron chi connectivity index (χ2n) is 4.72. The van der Waals surface area contributed by atoms with Gasteiger partial charge < -0.3 is 4.74 Å². The van der Waals surface area contributed by atoms with Gasteiger partial charge in [0.15, 0.2) is 0 Å². The quantitative estimate of drug-likeness (QED) is 0.480. The summed E-state index contributed by atoms with van der Waals surface area (Å²) in [6.07, 6.45) is 1.67. The first-order valence-corrected chi connectivity index (χ1v) is 8.03. The molecule has 1 aliphatic heterocycles. The lowest BCUT2D eigenvalue weighted by molar-refractivity contribution is -0.142. The van der Waals surface area contributed by atoms with Crippen LogP contribution in [0.3, 0.4) is 0 Å². The lowest BCUT2D eigenvalue weighted by Gasteiger charge is -1.98. The summed E-state index contributed by atoms with van der Waals surface area (Å²) in [5, 5.41) is 7.45. The SMILES string of the molecule is CCOC(=O)Cc1csc(NN=Cc2cccc3c2=NC(=O)N=3)n1. The number of aromatic nitrogens is 1. The summed E-state index contributed by atoms with van der Waals surface area (Å²) in [5.74, 6) is -0.312. The van der Waals surface area contributed by atoms with Gasteiger partial charge in [-0.25, -0.2) is 9.78 Å². The van der Waals surface area contributed by atoms with E-state index in [-0.39, 0.29) is 12.4 Å². The van der Waals surface area contributed by atoms with Crippen LogP contribution in [0.2, 0.25) is 0 Å². The van der Waals surface area contributed by atoms with Crippen molar-refractivity contribution in [2.45, 2.75) is 13.3 Å². The number of rotatable bonds is 6. The molecule has 0 fully saturated rings. The highest BCUT2D eigenvalue weighted by atomic mass is 32.1. The molecule has 1 aliphatic rings. The van der Waals surface area contributed by atoms with Crippen LogP contribution < -0.4 is 16.1 Å². The van der Waals surface area contributed by atoms with Gasteiger partial charge in [0.1, 0.15) is 5.36 Å². The Balaban J connectivity index is 1.67. The molecule has 1 aromatic heterocycles. The van der Waals surface area contributed by atoms with Crippen LogP contribution in [0, 0.1) is 0 Å². The number of fused-ring (bicyclic) bond motifs is 1. The topological polar surface area (TPSA) is 105 Å². The van der Waals surface area contributed by atoms with E-state index < -0.39 is 6.03 Å². The second kappa shape index (κ2) is 7.09. The highest BCUT2D eigenvalue weighted by molar-refractivity contribution is 7.13. The average molecular weight is 343 g/mol. The minimum absolute atomic E-state index is 0.129. The molecular formula is C15H13N5O3S. The Labute approximate surface area is 140 Å². The molecule has 0 radical (unpaired) electrons. The Bertz CT molecular complexity index is 935. The average Bonchev–Trinajstić information content (AvgIpc) is 3.13. The van der Waals surface area contributed by atoms with Gasteiger partial charge in [-0.3, -0.25) is 10.2 Å². The summed E-state index contributed by atoms with van der Waals surface area (Å²) < 4.78 is 4.87. The molecule has 0 bridgehead atoms. The van der Waals surface area contributed by atoms with Crippen LogP contribution in [-0.2, 0) is 16.0 Å². The Morgan fingerprint density at radius 3 is 3.12 bits per heavy atom. The van der Waals surface area contributed by atoms with Crippen molar-refractivity contribution in [2.24, 2.45) is 15.1 Å². The lowest BCUT2D eigenvalue weighted by atomic mass is 10.2. The maximum absolute atomic E-state index is 11.4. The smallest absolute Gasteiger partial charge is 0.368 e. The number of nitrogens with zero attached hydrogens (tertiary/aromatic N) is 4. The van der Waals surface area contributed by atoms with Gasteiger partial charge in [0.05, 0.1) is 30.3 Å². The van der Waals surface area contributed by atoms with E-state index in [9.17, 15) is 9.59 Å². The highest BCUT2D eigenvalue weighted by Crippen LogP contribution is 2.15. The summed E-state index contributed by atoms with van der Waals surface area (Å²) in [6.45, 7) is 2.10. The van der Waals surface area contributed by atoms with Gasteiger partial charge in [-0.2, -0.15) is 15.1 Å². The monoisotopic (exact) mass is 343 g/mol. The Morgan fingerprint density at radius 1 is 1.42 bits per heavy atom. The van der Waals surface area contributed by atoms with Crippen molar-refractivity contribution in [1.82, 2.24) is 4.98 Å². The number of thiazole rings is 1. The third-order valence-electron chi connectivity index (χ3n) is 3.02. The number of anilines is 1. The highest BCUT2D eigenvalue weighted by Gasteiger charge is 2.09. The van der Waals surface area contributed by atoms with Crippen LogP contribution in [-0.4, -0.2) is 29.8 Å². The van der Waals surface area contributed by atoms with Crippen molar-refractivity contribution in [3.8, 4) is 0 Å².